The summed E-state index contributed by atoms with van der Waals surface area (Å²) >= 11 is 0. The van der Waals surface area contributed by atoms with Gasteiger partial charge in [-0.25, -0.2) is 0 Å². The predicted molar refractivity (Wildman–Crippen MR) is 82.4 cm³/mol. The van der Waals surface area contributed by atoms with Crippen molar-refractivity contribution in [3.63, 3.8) is 0 Å². The Kier molecular flexibility index (Phi) is 3.36. The van der Waals surface area contributed by atoms with Crippen LogP contribution in [0.5, 0.6) is 5.75 Å². The lowest BCUT2D eigenvalue weighted by atomic mass is 9.75. The van der Waals surface area contributed by atoms with Crippen LogP contribution in [0.2, 0.25) is 0 Å². The van der Waals surface area contributed by atoms with Gasteiger partial charge in [-0.3, -0.25) is 4.18 Å². The maximum atomic E-state index is 11.5. The molecule has 1 saturated carbocycles. The number of ether oxygens (including phenoxy) is 1. The number of aryl methyl sites for hydroxylation is 1. The number of aliphatic hydroxyl groups is 1. The van der Waals surface area contributed by atoms with Gasteiger partial charge < -0.3 is 9.84 Å². The van der Waals surface area contributed by atoms with E-state index in [1.54, 1.807) is 7.11 Å². The highest BCUT2D eigenvalue weighted by atomic mass is 32.2. The molecule has 0 aromatic heterocycles. The van der Waals surface area contributed by atoms with Crippen molar-refractivity contribution in [1.82, 2.24) is 0 Å². The normalized spacial score (nSPS) is 33.6. The van der Waals surface area contributed by atoms with E-state index in [0.717, 1.165) is 28.7 Å². The first kappa shape index (κ1) is 15.8. The van der Waals surface area contributed by atoms with E-state index in [-0.39, 0.29) is 0 Å². The zero-order valence-corrected chi connectivity index (χ0v) is 14.2. The van der Waals surface area contributed by atoms with Gasteiger partial charge in [-0.1, -0.05) is 13.0 Å². The summed E-state index contributed by atoms with van der Waals surface area (Å²) in [6.07, 6.45) is 2.16. The van der Waals surface area contributed by atoms with Crippen LogP contribution in [0.3, 0.4) is 0 Å². The number of benzene rings is 1. The van der Waals surface area contributed by atoms with Gasteiger partial charge in [0.2, 0.25) is 0 Å². The summed E-state index contributed by atoms with van der Waals surface area (Å²) in [5, 5.41) is 11.3. The van der Waals surface area contributed by atoms with Crippen LogP contribution < -0.4 is 4.74 Å². The zero-order chi connectivity index (χ0) is 16.3. The maximum absolute atomic E-state index is 11.5. The van der Waals surface area contributed by atoms with Gasteiger partial charge in [-0.15, -0.1) is 0 Å². The van der Waals surface area contributed by atoms with Gasteiger partial charge in [0.25, 0.3) is 10.1 Å². The highest BCUT2D eigenvalue weighted by Gasteiger charge is 2.63. The minimum atomic E-state index is -3.56. The third kappa shape index (κ3) is 2.08. The Balaban J connectivity index is 2.07. The lowest BCUT2D eigenvalue weighted by Gasteiger charge is -2.37. The number of hydrogen-bond acceptors (Lipinski definition) is 5. The maximum Gasteiger partial charge on any atom is 0.264 e. The Morgan fingerprint density at radius 3 is 2.64 bits per heavy atom. The van der Waals surface area contributed by atoms with Crippen LogP contribution in [0.25, 0.3) is 0 Å². The molecule has 1 N–H and O–H groups in total. The van der Waals surface area contributed by atoms with E-state index in [9.17, 15) is 13.5 Å². The molecule has 1 fully saturated rings. The van der Waals surface area contributed by atoms with Crippen LogP contribution in [0, 0.1) is 12.3 Å². The summed E-state index contributed by atoms with van der Waals surface area (Å²) in [4.78, 5) is 0. The predicted octanol–water partition coefficient (Wildman–Crippen LogP) is 1.89. The van der Waals surface area contributed by atoms with Gasteiger partial charge in [-0.2, -0.15) is 8.42 Å². The fourth-order valence-corrected chi connectivity index (χ4v) is 4.90. The number of hydrogen-bond donors (Lipinski definition) is 1. The first-order chi connectivity index (χ1) is 10.1. The second kappa shape index (κ2) is 4.69. The molecular formula is C16H22O5S. The molecule has 3 atom stereocenters. The van der Waals surface area contributed by atoms with E-state index < -0.39 is 27.2 Å². The Hall–Kier alpha value is -1.11. The molecule has 2 aliphatic carbocycles. The third-order valence-corrected chi connectivity index (χ3v) is 5.92. The second-order valence-electron chi connectivity index (χ2n) is 6.76. The van der Waals surface area contributed by atoms with Crippen molar-refractivity contribution in [2.45, 2.75) is 44.8 Å². The summed E-state index contributed by atoms with van der Waals surface area (Å²) in [6, 6.07) is 3.91. The fourth-order valence-electron chi connectivity index (χ4n) is 4.17. The van der Waals surface area contributed by atoms with Crippen molar-refractivity contribution in [2.24, 2.45) is 5.41 Å². The number of rotatable bonds is 3. The van der Waals surface area contributed by atoms with E-state index in [4.69, 9.17) is 8.92 Å². The molecule has 5 nitrogen and oxygen atoms in total. The quantitative estimate of drug-likeness (QED) is 0.859. The highest BCUT2D eigenvalue weighted by molar-refractivity contribution is 7.86. The van der Waals surface area contributed by atoms with Crippen molar-refractivity contribution in [3.8, 4) is 5.75 Å². The fraction of sp³-hybridized carbons (Fsp3) is 0.625. The van der Waals surface area contributed by atoms with Gasteiger partial charge in [0.1, 0.15) is 5.75 Å². The van der Waals surface area contributed by atoms with Gasteiger partial charge in [0, 0.05) is 5.41 Å². The molecule has 6 heteroatoms. The van der Waals surface area contributed by atoms with Crippen molar-refractivity contribution in [3.05, 3.63) is 28.8 Å². The van der Waals surface area contributed by atoms with Crippen LogP contribution in [0.15, 0.2) is 12.1 Å². The molecule has 0 amide bonds. The molecule has 22 heavy (non-hydrogen) atoms. The van der Waals surface area contributed by atoms with Gasteiger partial charge >= 0.3 is 0 Å². The van der Waals surface area contributed by atoms with E-state index in [2.05, 4.69) is 0 Å². The molecular weight excluding hydrogens is 304 g/mol. The molecule has 2 aliphatic rings. The van der Waals surface area contributed by atoms with Crippen LogP contribution in [-0.2, 0) is 26.3 Å². The van der Waals surface area contributed by atoms with Crippen LogP contribution >= 0.6 is 0 Å². The molecule has 1 aromatic carbocycles. The van der Waals surface area contributed by atoms with Gasteiger partial charge in [-0.05, 0) is 48.9 Å². The Morgan fingerprint density at radius 2 is 2.05 bits per heavy atom. The number of fused-ring (bicyclic) bond motifs is 3. The van der Waals surface area contributed by atoms with Crippen LogP contribution in [0.1, 0.15) is 36.5 Å². The number of methoxy groups -OCH3 is 1. The zero-order valence-electron chi connectivity index (χ0n) is 13.3. The van der Waals surface area contributed by atoms with E-state index >= 15 is 0 Å². The van der Waals surface area contributed by atoms with Crippen molar-refractivity contribution >= 4 is 10.1 Å². The standard InChI is InChI=1S/C16H22O5S/c1-10-7-11-9-15(2)14(21-22(4,18)19)5-6-16(15,17)12(11)8-13(10)20-3/h7-8,14,17H,5-6,9H2,1-4H3/t14-,15-,16+/m0/s1. The van der Waals surface area contributed by atoms with E-state index in [1.807, 2.05) is 26.0 Å². The van der Waals surface area contributed by atoms with Crippen molar-refractivity contribution in [2.75, 3.05) is 13.4 Å². The van der Waals surface area contributed by atoms with Gasteiger partial charge in [0.15, 0.2) is 0 Å². The lowest BCUT2D eigenvalue weighted by Crippen LogP contribution is -2.43. The summed E-state index contributed by atoms with van der Waals surface area (Å²) in [5.74, 6) is 0.740. The van der Waals surface area contributed by atoms with E-state index in [0.29, 0.717) is 19.3 Å². The van der Waals surface area contributed by atoms with Crippen LogP contribution in [0.4, 0.5) is 0 Å². The average Bonchev–Trinajstić information content (AvgIpc) is 2.75. The summed E-state index contributed by atoms with van der Waals surface area (Å²) < 4.78 is 33.7. The van der Waals surface area contributed by atoms with Crippen molar-refractivity contribution < 1.29 is 22.4 Å². The monoisotopic (exact) mass is 326 g/mol. The largest absolute Gasteiger partial charge is 0.496 e. The SMILES string of the molecule is COc1cc2c(cc1C)C[C@@]1(C)[C@@H](OS(C)(=O)=O)CC[C@@]21O. The minimum Gasteiger partial charge on any atom is -0.496 e. The molecule has 0 spiro atoms. The van der Waals surface area contributed by atoms with Crippen molar-refractivity contribution in [1.29, 1.82) is 0 Å². The van der Waals surface area contributed by atoms with Gasteiger partial charge in [0.05, 0.1) is 25.1 Å². The molecule has 0 radical (unpaired) electrons. The molecule has 122 valence electrons. The highest BCUT2D eigenvalue weighted by Crippen LogP contribution is 2.61. The third-order valence-electron chi connectivity index (χ3n) is 5.34. The summed E-state index contributed by atoms with van der Waals surface area (Å²) in [5.41, 5.74) is 1.19. The lowest BCUT2D eigenvalue weighted by molar-refractivity contribution is -0.0755. The molecule has 0 heterocycles. The average molecular weight is 326 g/mol. The Morgan fingerprint density at radius 1 is 1.36 bits per heavy atom. The topological polar surface area (TPSA) is 72.8 Å². The second-order valence-corrected chi connectivity index (χ2v) is 8.36. The summed E-state index contributed by atoms with van der Waals surface area (Å²) in [7, 11) is -1.95. The molecule has 0 bridgehead atoms. The first-order valence-electron chi connectivity index (χ1n) is 7.39. The first-order valence-corrected chi connectivity index (χ1v) is 9.21. The summed E-state index contributed by atoms with van der Waals surface area (Å²) in [6.45, 7) is 3.88. The smallest absolute Gasteiger partial charge is 0.264 e. The molecule has 0 unspecified atom stereocenters. The Bertz CT molecular complexity index is 726. The minimum absolute atomic E-state index is 0.489. The molecule has 1 aromatic rings. The van der Waals surface area contributed by atoms with E-state index in [1.165, 1.54) is 0 Å². The van der Waals surface area contributed by atoms with Crippen LogP contribution in [-0.4, -0.2) is 33.0 Å². The molecule has 3 rings (SSSR count). The molecule has 0 aliphatic heterocycles. The Labute approximate surface area is 131 Å². The molecule has 0 saturated heterocycles.